The molecule has 1 aliphatic rings. The molecule has 0 radical (unpaired) electrons. The highest BCUT2D eigenvalue weighted by molar-refractivity contribution is 5.94. The van der Waals surface area contributed by atoms with Crippen LogP contribution >= 0.6 is 0 Å². The van der Waals surface area contributed by atoms with Crippen LogP contribution in [-0.2, 0) is 4.79 Å². The van der Waals surface area contributed by atoms with E-state index in [9.17, 15) is 9.59 Å². The molecule has 1 fully saturated rings. The third-order valence-corrected chi connectivity index (χ3v) is 3.16. The molecule has 1 atom stereocenters. The fraction of sp³-hybridized carbons (Fsp3) is 0.429. The van der Waals surface area contributed by atoms with Crippen LogP contribution in [0.2, 0.25) is 0 Å². The second kappa shape index (κ2) is 5.21. The number of carbonyl (C=O) groups excluding carboxylic acids is 1. The summed E-state index contributed by atoms with van der Waals surface area (Å²) in [5.74, 6) is -1.45. The molecule has 0 aromatic heterocycles. The summed E-state index contributed by atoms with van der Waals surface area (Å²) < 4.78 is 0. The van der Waals surface area contributed by atoms with E-state index in [4.69, 9.17) is 5.11 Å². The molecule has 1 aromatic rings. The minimum absolute atomic E-state index is 0.0637. The largest absolute Gasteiger partial charge is 0.481 e. The molecule has 18 heavy (non-hydrogen) atoms. The van der Waals surface area contributed by atoms with Gasteiger partial charge < -0.3 is 10.0 Å². The van der Waals surface area contributed by atoms with Crippen molar-refractivity contribution in [1.82, 2.24) is 4.90 Å². The zero-order chi connectivity index (χ0) is 13.1. The molecule has 1 aromatic carbocycles. The van der Waals surface area contributed by atoms with Gasteiger partial charge in [0.15, 0.2) is 0 Å². The summed E-state index contributed by atoms with van der Waals surface area (Å²) in [7, 11) is 0. The van der Waals surface area contributed by atoms with Crippen LogP contribution in [0.15, 0.2) is 30.3 Å². The van der Waals surface area contributed by atoms with Gasteiger partial charge in [-0.1, -0.05) is 25.1 Å². The third kappa shape index (κ3) is 2.88. The maximum atomic E-state index is 12.3. The van der Waals surface area contributed by atoms with E-state index in [0.29, 0.717) is 5.56 Å². The number of benzene rings is 1. The Morgan fingerprint density at radius 2 is 1.94 bits per heavy atom. The Morgan fingerprint density at radius 1 is 1.33 bits per heavy atom. The maximum absolute atomic E-state index is 12.3. The van der Waals surface area contributed by atoms with Gasteiger partial charge in [0.2, 0.25) is 0 Å². The zero-order valence-corrected chi connectivity index (χ0v) is 10.4. The van der Waals surface area contributed by atoms with Crippen LogP contribution in [0.3, 0.4) is 0 Å². The molecule has 4 heteroatoms. The van der Waals surface area contributed by atoms with E-state index >= 15 is 0 Å². The van der Waals surface area contributed by atoms with Crippen LogP contribution < -0.4 is 0 Å². The molecule has 1 saturated carbocycles. The molecule has 2 rings (SSSR count). The molecule has 1 N–H and O–H groups in total. The second-order valence-electron chi connectivity index (χ2n) is 4.79. The first-order chi connectivity index (χ1) is 8.59. The molecule has 0 unspecified atom stereocenters. The van der Waals surface area contributed by atoms with Gasteiger partial charge >= 0.3 is 5.97 Å². The van der Waals surface area contributed by atoms with Crippen molar-refractivity contribution < 1.29 is 14.7 Å². The van der Waals surface area contributed by atoms with Crippen LogP contribution in [0.5, 0.6) is 0 Å². The van der Waals surface area contributed by atoms with Gasteiger partial charge in [0.05, 0.1) is 5.92 Å². The molecule has 4 nitrogen and oxygen atoms in total. The van der Waals surface area contributed by atoms with Crippen molar-refractivity contribution in [2.45, 2.75) is 25.8 Å². The summed E-state index contributed by atoms with van der Waals surface area (Å²) in [6.45, 7) is 1.92. The highest BCUT2D eigenvalue weighted by Gasteiger charge is 2.34. The van der Waals surface area contributed by atoms with Crippen molar-refractivity contribution >= 4 is 11.9 Å². The lowest BCUT2D eigenvalue weighted by molar-refractivity contribution is -0.141. The summed E-state index contributed by atoms with van der Waals surface area (Å²) in [6.07, 6.45) is 1.95. The predicted octanol–water partition coefficient (Wildman–Crippen LogP) is 2.01. The number of nitrogens with zero attached hydrogens (tertiary/aromatic N) is 1. The summed E-state index contributed by atoms with van der Waals surface area (Å²) in [6, 6.07) is 9.25. The molecule has 0 heterocycles. The number of carbonyl (C=O) groups is 2. The van der Waals surface area contributed by atoms with Gasteiger partial charge in [-0.15, -0.1) is 0 Å². The summed E-state index contributed by atoms with van der Waals surface area (Å²) >= 11 is 0. The lowest BCUT2D eigenvalue weighted by atomic mass is 10.1. The van der Waals surface area contributed by atoms with Gasteiger partial charge in [-0.2, -0.15) is 0 Å². The maximum Gasteiger partial charge on any atom is 0.308 e. The molecule has 1 aliphatic carbocycles. The molecular formula is C14H17NO3. The highest BCUT2D eigenvalue weighted by atomic mass is 16.4. The number of hydrogen-bond acceptors (Lipinski definition) is 2. The first-order valence-corrected chi connectivity index (χ1v) is 6.18. The Hall–Kier alpha value is -1.84. The van der Waals surface area contributed by atoms with Crippen molar-refractivity contribution in [3.63, 3.8) is 0 Å². The van der Waals surface area contributed by atoms with Gasteiger partial charge in [-0.25, -0.2) is 0 Å². The van der Waals surface area contributed by atoms with Crippen LogP contribution in [0.4, 0.5) is 0 Å². The lowest BCUT2D eigenvalue weighted by Gasteiger charge is -2.24. The van der Waals surface area contributed by atoms with Gasteiger partial charge in [0.1, 0.15) is 0 Å². The van der Waals surface area contributed by atoms with Crippen molar-refractivity contribution in [3.8, 4) is 0 Å². The second-order valence-corrected chi connectivity index (χ2v) is 4.79. The van der Waals surface area contributed by atoms with E-state index in [-0.39, 0.29) is 18.5 Å². The number of hydrogen-bond donors (Lipinski definition) is 1. The van der Waals surface area contributed by atoms with E-state index in [1.165, 1.54) is 0 Å². The number of amides is 1. The first kappa shape index (κ1) is 12.6. The molecular weight excluding hydrogens is 230 g/mol. The van der Waals surface area contributed by atoms with Crippen molar-refractivity contribution in [2.75, 3.05) is 6.54 Å². The summed E-state index contributed by atoms with van der Waals surface area (Å²) in [5, 5.41) is 8.95. The standard InChI is InChI=1S/C14H17NO3/c1-10(14(17)18)9-15(12-7-8-12)13(16)11-5-3-2-4-6-11/h2-6,10,12H,7-9H2,1H3,(H,17,18)/t10-/m1/s1. The Morgan fingerprint density at radius 3 is 2.44 bits per heavy atom. The minimum Gasteiger partial charge on any atom is -0.481 e. The third-order valence-electron chi connectivity index (χ3n) is 3.16. The predicted molar refractivity (Wildman–Crippen MR) is 67.3 cm³/mol. The van der Waals surface area contributed by atoms with Crippen LogP contribution in [0.25, 0.3) is 0 Å². The van der Waals surface area contributed by atoms with E-state index in [0.717, 1.165) is 12.8 Å². The first-order valence-electron chi connectivity index (χ1n) is 6.18. The molecule has 0 aliphatic heterocycles. The average Bonchev–Trinajstić information content (AvgIpc) is 3.20. The van der Waals surface area contributed by atoms with Gasteiger partial charge in [-0.05, 0) is 25.0 Å². The van der Waals surface area contributed by atoms with Crippen LogP contribution in [-0.4, -0.2) is 34.5 Å². The average molecular weight is 247 g/mol. The van der Waals surface area contributed by atoms with Crippen molar-refractivity contribution in [1.29, 1.82) is 0 Å². The van der Waals surface area contributed by atoms with E-state index in [2.05, 4.69) is 0 Å². The fourth-order valence-electron chi connectivity index (χ4n) is 1.90. The normalized spacial score (nSPS) is 16.1. The Kier molecular flexibility index (Phi) is 3.65. The monoisotopic (exact) mass is 247 g/mol. The van der Waals surface area contributed by atoms with Crippen molar-refractivity contribution in [3.05, 3.63) is 35.9 Å². The van der Waals surface area contributed by atoms with Crippen LogP contribution in [0.1, 0.15) is 30.1 Å². The Balaban J connectivity index is 2.11. The number of carboxylic acid groups (broad SMARTS) is 1. The molecule has 1 amide bonds. The molecule has 96 valence electrons. The zero-order valence-electron chi connectivity index (χ0n) is 10.4. The van der Waals surface area contributed by atoms with Gasteiger partial charge in [0.25, 0.3) is 5.91 Å². The lowest BCUT2D eigenvalue weighted by Crippen LogP contribution is -2.38. The van der Waals surface area contributed by atoms with Gasteiger partial charge in [-0.3, -0.25) is 9.59 Å². The topological polar surface area (TPSA) is 57.6 Å². The molecule has 0 bridgehead atoms. The summed E-state index contributed by atoms with van der Waals surface area (Å²) in [4.78, 5) is 24.9. The minimum atomic E-state index is -0.860. The quantitative estimate of drug-likeness (QED) is 0.866. The Labute approximate surface area is 106 Å². The molecule has 0 saturated heterocycles. The highest BCUT2D eigenvalue weighted by Crippen LogP contribution is 2.29. The Bertz CT molecular complexity index is 440. The van der Waals surface area contributed by atoms with Crippen molar-refractivity contribution in [2.24, 2.45) is 5.92 Å². The van der Waals surface area contributed by atoms with E-state index < -0.39 is 11.9 Å². The number of carboxylic acids is 1. The number of rotatable bonds is 5. The van der Waals surface area contributed by atoms with Crippen LogP contribution in [0, 0.1) is 5.92 Å². The SMILES string of the molecule is C[C@H](CN(C(=O)c1ccccc1)C1CC1)C(=O)O. The fourth-order valence-corrected chi connectivity index (χ4v) is 1.90. The molecule has 0 spiro atoms. The van der Waals surface area contributed by atoms with E-state index in [1.807, 2.05) is 18.2 Å². The van der Waals surface area contributed by atoms with Gasteiger partial charge in [0, 0.05) is 18.2 Å². The van der Waals surface area contributed by atoms with E-state index in [1.54, 1.807) is 24.0 Å². The number of aliphatic carboxylic acids is 1. The smallest absolute Gasteiger partial charge is 0.308 e. The summed E-state index contributed by atoms with van der Waals surface area (Å²) in [5.41, 5.74) is 0.627.